The smallest absolute Gasteiger partial charge is 1.00 e. The molecular weight excluding hydrogens is 142 g/mol. The first-order chi connectivity index (χ1) is 3.83. The number of ether oxygens (including phenoxy) is 1. The first-order valence-corrected chi connectivity index (χ1v) is 2.18. The van der Waals surface area contributed by atoms with Crippen molar-refractivity contribution in [2.75, 3.05) is 12.8 Å². The normalized spacial score (nSPS) is 8.11. The van der Waals surface area contributed by atoms with E-state index in [0.29, 0.717) is 11.7 Å². The number of hydrogen-bond acceptors (Lipinski definition) is 3. The standard InChI is InChI=1S/C4H7N3O.ClH/c1-8-4-2-3(5)6-7-4;/h2H,1H3,(H3,5,6,7);1H. The van der Waals surface area contributed by atoms with Gasteiger partial charge in [0.05, 0.1) is 7.11 Å². The molecule has 1 aromatic heterocycles. The Morgan fingerprint density at radius 3 is 2.78 bits per heavy atom. The summed E-state index contributed by atoms with van der Waals surface area (Å²) in [5.74, 6) is 1.03. The summed E-state index contributed by atoms with van der Waals surface area (Å²) in [4.78, 5) is 0. The number of nitrogen functional groups attached to an aromatic ring is 1. The van der Waals surface area contributed by atoms with Crippen molar-refractivity contribution in [3.63, 3.8) is 0 Å². The molecule has 9 heavy (non-hydrogen) atoms. The number of hydrogen-bond donors (Lipinski definition) is 2. The van der Waals surface area contributed by atoms with Crippen LogP contribution in [0.2, 0.25) is 0 Å². The van der Waals surface area contributed by atoms with E-state index in [0.717, 1.165) is 0 Å². The number of halogens is 1. The van der Waals surface area contributed by atoms with E-state index in [2.05, 4.69) is 10.2 Å². The fourth-order valence-corrected chi connectivity index (χ4v) is 0.422. The summed E-state index contributed by atoms with van der Waals surface area (Å²) in [6.07, 6.45) is 0. The zero-order valence-corrected chi connectivity index (χ0v) is 5.64. The highest BCUT2D eigenvalue weighted by Gasteiger charge is 1.92. The Kier molecular flexibility index (Phi) is 2.87. The highest BCUT2D eigenvalue weighted by molar-refractivity contribution is 5.31. The number of rotatable bonds is 1. The van der Waals surface area contributed by atoms with Gasteiger partial charge in [0.25, 0.3) is 0 Å². The average Bonchev–Trinajstić information content (AvgIpc) is 2.14. The van der Waals surface area contributed by atoms with Gasteiger partial charge in [-0.05, 0) is 0 Å². The quantitative estimate of drug-likeness (QED) is 0.451. The summed E-state index contributed by atoms with van der Waals surface area (Å²) in [6.45, 7) is 0. The van der Waals surface area contributed by atoms with Crippen LogP contribution in [0.1, 0.15) is 1.43 Å². The minimum atomic E-state index is 0. The molecule has 0 aromatic carbocycles. The molecule has 1 aromatic rings. The maximum Gasteiger partial charge on any atom is 1.00 e. The lowest BCUT2D eigenvalue weighted by Gasteiger charge is -1.84. The molecule has 0 fully saturated rings. The maximum absolute atomic E-state index is 5.26. The molecule has 3 N–H and O–H groups in total. The lowest BCUT2D eigenvalue weighted by Crippen LogP contribution is -3.00. The highest BCUT2D eigenvalue weighted by atomic mass is 35.5. The minimum Gasteiger partial charge on any atom is -1.00 e. The largest absolute Gasteiger partial charge is 1.00 e. The Bertz CT molecular complexity index is 181. The van der Waals surface area contributed by atoms with Crippen molar-refractivity contribution in [2.24, 2.45) is 0 Å². The van der Waals surface area contributed by atoms with Gasteiger partial charge in [0.2, 0.25) is 5.88 Å². The summed E-state index contributed by atoms with van der Waals surface area (Å²) in [7, 11) is 1.54. The molecule has 0 bridgehead atoms. The third-order valence-electron chi connectivity index (χ3n) is 0.783. The fourth-order valence-electron chi connectivity index (χ4n) is 0.422. The van der Waals surface area contributed by atoms with Crippen molar-refractivity contribution in [3.8, 4) is 5.88 Å². The van der Waals surface area contributed by atoms with Gasteiger partial charge in [-0.2, -0.15) is 0 Å². The molecule has 0 radical (unpaired) electrons. The summed E-state index contributed by atoms with van der Waals surface area (Å²) in [5.41, 5.74) is 5.26. The van der Waals surface area contributed by atoms with Crippen molar-refractivity contribution < 1.29 is 18.6 Å². The minimum absolute atomic E-state index is 0. The van der Waals surface area contributed by atoms with Gasteiger partial charge in [-0.1, -0.05) is 0 Å². The Hall–Kier alpha value is -0.900. The molecule has 0 aliphatic rings. The van der Waals surface area contributed by atoms with Gasteiger partial charge in [-0.3, -0.25) is 5.10 Å². The lowest BCUT2D eigenvalue weighted by molar-refractivity contribution is -0.00000222. The van der Waals surface area contributed by atoms with Crippen molar-refractivity contribution >= 4 is 5.82 Å². The topological polar surface area (TPSA) is 63.9 Å². The first-order valence-electron chi connectivity index (χ1n) is 2.18. The number of aromatic amines is 1. The summed E-state index contributed by atoms with van der Waals surface area (Å²) in [5, 5.41) is 6.18. The van der Waals surface area contributed by atoms with E-state index in [1.165, 1.54) is 7.11 Å². The van der Waals surface area contributed by atoms with Gasteiger partial charge in [0, 0.05) is 6.07 Å². The van der Waals surface area contributed by atoms with Crippen LogP contribution >= 0.6 is 0 Å². The van der Waals surface area contributed by atoms with E-state index < -0.39 is 0 Å². The third kappa shape index (κ3) is 1.81. The second-order valence-corrected chi connectivity index (χ2v) is 1.37. The number of nitrogens with two attached hydrogens (primary N) is 1. The molecule has 0 aliphatic heterocycles. The van der Waals surface area contributed by atoms with Crippen molar-refractivity contribution in [1.82, 2.24) is 10.2 Å². The monoisotopic (exact) mass is 149 g/mol. The van der Waals surface area contributed by atoms with Crippen LogP contribution in [-0.2, 0) is 0 Å². The van der Waals surface area contributed by atoms with Crippen LogP contribution in [0.5, 0.6) is 5.88 Å². The zero-order valence-electron chi connectivity index (χ0n) is 5.89. The van der Waals surface area contributed by atoms with E-state index in [1.807, 2.05) is 0 Å². The van der Waals surface area contributed by atoms with Crippen LogP contribution in [0.15, 0.2) is 6.07 Å². The Labute approximate surface area is 60.3 Å². The molecule has 1 heterocycles. The predicted octanol–water partition coefficient (Wildman–Crippen LogP) is -2.88. The molecule has 0 saturated carbocycles. The predicted molar refractivity (Wildman–Crippen MR) is 30.7 cm³/mol. The second-order valence-electron chi connectivity index (χ2n) is 1.37. The van der Waals surface area contributed by atoms with E-state index >= 15 is 0 Å². The van der Waals surface area contributed by atoms with Gasteiger partial charge in [0.15, 0.2) is 0 Å². The van der Waals surface area contributed by atoms with Crippen LogP contribution in [0.25, 0.3) is 0 Å². The molecular formula is C4H8ClN3O. The van der Waals surface area contributed by atoms with E-state index in [9.17, 15) is 0 Å². The van der Waals surface area contributed by atoms with Gasteiger partial charge >= 0.3 is 1.43 Å². The van der Waals surface area contributed by atoms with Crippen LogP contribution in [0.3, 0.4) is 0 Å². The maximum atomic E-state index is 5.26. The zero-order chi connectivity index (χ0) is 5.98. The van der Waals surface area contributed by atoms with E-state index in [4.69, 9.17) is 10.5 Å². The molecule has 4 nitrogen and oxygen atoms in total. The molecule has 0 aliphatic carbocycles. The van der Waals surface area contributed by atoms with Gasteiger partial charge < -0.3 is 22.9 Å². The van der Waals surface area contributed by atoms with Crippen molar-refractivity contribution in [1.29, 1.82) is 0 Å². The van der Waals surface area contributed by atoms with Crippen molar-refractivity contribution in [3.05, 3.63) is 6.07 Å². The molecule has 0 atom stereocenters. The molecule has 0 amide bonds. The SMILES string of the molecule is COc1cc(N)[nH]n1.[Cl-].[H+]. The fraction of sp³-hybridized carbons (Fsp3) is 0.250. The Morgan fingerprint density at radius 1 is 1.89 bits per heavy atom. The number of nitrogens with one attached hydrogen (secondary N) is 1. The average molecular weight is 150 g/mol. The van der Waals surface area contributed by atoms with Crippen molar-refractivity contribution in [2.45, 2.75) is 0 Å². The highest BCUT2D eigenvalue weighted by Crippen LogP contribution is 2.06. The number of nitrogens with zero attached hydrogens (tertiary/aromatic N) is 1. The number of methoxy groups -OCH3 is 1. The van der Waals surface area contributed by atoms with E-state index in [1.54, 1.807) is 6.07 Å². The first kappa shape index (κ1) is 8.10. The Balaban J connectivity index is 0. The molecule has 52 valence electrons. The number of H-pyrrole nitrogens is 1. The molecule has 0 spiro atoms. The lowest BCUT2D eigenvalue weighted by atomic mass is 10.6. The molecule has 5 heteroatoms. The van der Waals surface area contributed by atoms with Gasteiger partial charge in [0.1, 0.15) is 5.82 Å². The van der Waals surface area contributed by atoms with Crippen LogP contribution < -0.4 is 22.9 Å². The second kappa shape index (κ2) is 3.19. The third-order valence-corrected chi connectivity index (χ3v) is 0.783. The summed E-state index contributed by atoms with van der Waals surface area (Å²) in [6, 6.07) is 1.61. The number of aromatic nitrogens is 2. The van der Waals surface area contributed by atoms with Crippen LogP contribution in [0, 0.1) is 0 Å². The van der Waals surface area contributed by atoms with E-state index in [-0.39, 0.29) is 13.8 Å². The van der Waals surface area contributed by atoms with Crippen LogP contribution in [0.4, 0.5) is 5.82 Å². The number of anilines is 1. The van der Waals surface area contributed by atoms with Gasteiger partial charge in [-0.25, -0.2) is 0 Å². The summed E-state index contributed by atoms with van der Waals surface area (Å²) >= 11 is 0. The molecule has 0 saturated heterocycles. The molecule has 1 rings (SSSR count). The van der Waals surface area contributed by atoms with Gasteiger partial charge in [-0.15, -0.1) is 5.10 Å². The van der Waals surface area contributed by atoms with Crippen LogP contribution in [-0.4, -0.2) is 17.3 Å². The Morgan fingerprint density at radius 2 is 2.56 bits per heavy atom. The summed E-state index contributed by atoms with van der Waals surface area (Å²) < 4.78 is 4.71. The molecule has 0 unspecified atom stereocenters.